The number of rotatable bonds is 7. The number of aliphatic hydroxyl groups excluding tert-OH is 1. The normalized spacial score (nSPS) is 21.7. The highest BCUT2D eigenvalue weighted by Crippen LogP contribution is 2.21. The van der Waals surface area contributed by atoms with E-state index in [1.54, 1.807) is 0 Å². The van der Waals surface area contributed by atoms with E-state index in [9.17, 15) is 4.79 Å². The zero-order valence-electron chi connectivity index (χ0n) is 15.0. The number of aromatic nitrogens is 1. The fourth-order valence-electron chi connectivity index (χ4n) is 3.97. The summed E-state index contributed by atoms with van der Waals surface area (Å²) in [4.78, 5) is 23.6. The van der Waals surface area contributed by atoms with Crippen molar-refractivity contribution in [2.45, 2.75) is 38.1 Å². The molecule has 6 heteroatoms. The molecule has 1 N–H and O–H groups in total. The number of pyridine rings is 1. The first-order valence-corrected chi connectivity index (χ1v) is 9.56. The van der Waals surface area contributed by atoms with Gasteiger partial charge in [0, 0.05) is 58.0 Å². The van der Waals surface area contributed by atoms with E-state index in [1.165, 1.54) is 12.8 Å². The van der Waals surface area contributed by atoms with E-state index < -0.39 is 0 Å². The zero-order valence-corrected chi connectivity index (χ0v) is 15.0. The molecule has 2 fully saturated rings. The van der Waals surface area contributed by atoms with Gasteiger partial charge in [0.15, 0.2) is 0 Å². The summed E-state index contributed by atoms with van der Waals surface area (Å²) in [5.41, 5.74) is 0. The van der Waals surface area contributed by atoms with Gasteiger partial charge in [-0.25, -0.2) is 4.98 Å². The number of likely N-dealkylation sites (tertiary alicyclic amines) is 1. The summed E-state index contributed by atoms with van der Waals surface area (Å²) in [6.07, 6.45) is 6.76. The van der Waals surface area contributed by atoms with Gasteiger partial charge in [0.1, 0.15) is 5.82 Å². The lowest BCUT2D eigenvalue weighted by Crippen LogP contribution is -2.49. The van der Waals surface area contributed by atoms with Crippen molar-refractivity contribution < 1.29 is 9.90 Å². The summed E-state index contributed by atoms with van der Waals surface area (Å²) in [6.45, 7) is 5.49. The van der Waals surface area contributed by atoms with Crippen molar-refractivity contribution in [3.05, 3.63) is 24.4 Å². The van der Waals surface area contributed by atoms with Crippen LogP contribution in [0.3, 0.4) is 0 Å². The molecule has 2 aliphatic heterocycles. The van der Waals surface area contributed by atoms with E-state index >= 15 is 0 Å². The van der Waals surface area contributed by atoms with Gasteiger partial charge < -0.3 is 14.9 Å². The molecule has 2 aliphatic rings. The second-order valence-electron chi connectivity index (χ2n) is 7.00. The Kier molecular flexibility index (Phi) is 6.64. The number of piperazine rings is 1. The Bertz CT molecular complexity index is 531. The number of anilines is 1. The largest absolute Gasteiger partial charge is 0.396 e. The first kappa shape index (κ1) is 18.1. The highest BCUT2D eigenvalue weighted by molar-refractivity contribution is 5.76. The molecule has 1 atom stereocenters. The van der Waals surface area contributed by atoms with Crippen LogP contribution in [0.25, 0.3) is 0 Å². The summed E-state index contributed by atoms with van der Waals surface area (Å²) in [5, 5.41) is 9.02. The topological polar surface area (TPSA) is 59.9 Å². The van der Waals surface area contributed by atoms with E-state index in [2.05, 4.69) is 14.8 Å². The highest BCUT2D eigenvalue weighted by atomic mass is 16.3. The Labute approximate surface area is 150 Å². The van der Waals surface area contributed by atoms with Crippen molar-refractivity contribution in [2.75, 3.05) is 50.8 Å². The Morgan fingerprint density at radius 2 is 2.04 bits per heavy atom. The second kappa shape index (κ2) is 9.15. The third-order valence-electron chi connectivity index (χ3n) is 5.41. The molecule has 1 aromatic heterocycles. The third-order valence-corrected chi connectivity index (χ3v) is 5.41. The maximum atomic E-state index is 12.5. The van der Waals surface area contributed by atoms with Crippen molar-refractivity contribution in [1.82, 2.24) is 14.8 Å². The number of hydrogen-bond acceptors (Lipinski definition) is 5. The van der Waals surface area contributed by atoms with E-state index in [-0.39, 0.29) is 12.5 Å². The van der Waals surface area contributed by atoms with Crippen molar-refractivity contribution >= 4 is 11.7 Å². The first-order valence-electron chi connectivity index (χ1n) is 9.56. The molecule has 2 saturated heterocycles. The number of nitrogens with zero attached hydrogens (tertiary/aromatic N) is 4. The molecule has 0 radical (unpaired) electrons. The van der Waals surface area contributed by atoms with E-state index in [4.69, 9.17) is 5.11 Å². The molecule has 1 aromatic rings. The molecular formula is C19H30N4O2. The Morgan fingerprint density at radius 1 is 1.20 bits per heavy atom. The fourth-order valence-corrected chi connectivity index (χ4v) is 3.97. The minimum absolute atomic E-state index is 0.268. The van der Waals surface area contributed by atoms with Crippen LogP contribution in [0, 0.1) is 0 Å². The minimum Gasteiger partial charge on any atom is -0.396 e. The molecule has 6 nitrogen and oxygen atoms in total. The first-order chi connectivity index (χ1) is 12.3. The zero-order chi connectivity index (χ0) is 17.5. The van der Waals surface area contributed by atoms with E-state index in [0.29, 0.717) is 12.5 Å². The summed E-state index contributed by atoms with van der Waals surface area (Å²) in [7, 11) is 0. The maximum Gasteiger partial charge on any atom is 0.223 e. The third kappa shape index (κ3) is 4.92. The SMILES string of the molecule is O=C(CCN1CCCC1CCCO)N1CCN(c2ccccn2)CC1. The lowest BCUT2D eigenvalue weighted by atomic mass is 10.1. The van der Waals surface area contributed by atoms with Gasteiger partial charge in [-0.05, 0) is 44.4 Å². The molecular weight excluding hydrogens is 316 g/mol. The number of carbonyl (C=O) groups is 1. The van der Waals surface area contributed by atoms with Gasteiger partial charge >= 0.3 is 0 Å². The molecule has 3 rings (SSSR count). The average molecular weight is 346 g/mol. The van der Waals surface area contributed by atoms with Crippen molar-refractivity contribution in [3.63, 3.8) is 0 Å². The predicted molar refractivity (Wildman–Crippen MR) is 98.6 cm³/mol. The number of hydrogen-bond donors (Lipinski definition) is 1. The lowest BCUT2D eigenvalue weighted by Gasteiger charge is -2.36. The molecule has 0 aromatic carbocycles. The van der Waals surface area contributed by atoms with Crippen molar-refractivity contribution in [1.29, 1.82) is 0 Å². The molecule has 0 saturated carbocycles. The Balaban J connectivity index is 1.41. The van der Waals surface area contributed by atoms with Gasteiger partial charge in [0.2, 0.25) is 5.91 Å². The van der Waals surface area contributed by atoms with Crippen LogP contribution < -0.4 is 4.90 Å². The predicted octanol–water partition coefficient (Wildman–Crippen LogP) is 1.36. The molecule has 138 valence electrons. The van der Waals surface area contributed by atoms with Crippen LogP contribution in [-0.4, -0.2) is 77.7 Å². The Morgan fingerprint density at radius 3 is 2.76 bits per heavy atom. The number of aliphatic hydroxyl groups is 1. The molecule has 1 amide bonds. The molecule has 0 aliphatic carbocycles. The summed E-state index contributed by atoms with van der Waals surface area (Å²) in [6, 6.07) is 6.51. The monoisotopic (exact) mass is 346 g/mol. The second-order valence-corrected chi connectivity index (χ2v) is 7.00. The van der Waals surface area contributed by atoms with Crippen molar-refractivity contribution in [2.24, 2.45) is 0 Å². The molecule has 0 spiro atoms. The van der Waals surface area contributed by atoms with Gasteiger partial charge in [-0.1, -0.05) is 6.07 Å². The lowest BCUT2D eigenvalue weighted by molar-refractivity contribution is -0.131. The Hall–Kier alpha value is -1.66. The van der Waals surface area contributed by atoms with Gasteiger partial charge in [0.25, 0.3) is 0 Å². The molecule has 0 bridgehead atoms. The van der Waals surface area contributed by atoms with Gasteiger partial charge in [0.05, 0.1) is 0 Å². The minimum atomic E-state index is 0.268. The molecule has 25 heavy (non-hydrogen) atoms. The van der Waals surface area contributed by atoms with Crippen LogP contribution in [0.2, 0.25) is 0 Å². The van der Waals surface area contributed by atoms with Crippen LogP contribution in [0.15, 0.2) is 24.4 Å². The quantitative estimate of drug-likeness (QED) is 0.808. The fraction of sp³-hybridized carbons (Fsp3) is 0.684. The maximum absolute atomic E-state index is 12.5. The van der Waals surface area contributed by atoms with Gasteiger partial charge in [-0.15, -0.1) is 0 Å². The van der Waals surface area contributed by atoms with Crippen LogP contribution in [0.5, 0.6) is 0 Å². The highest BCUT2D eigenvalue weighted by Gasteiger charge is 2.26. The summed E-state index contributed by atoms with van der Waals surface area (Å²) in [5.74, 6) is 1.27. The average Bonchev–Trinajstić information content (AvgIpc) is 3.12. The standard InChI is InChI=1S/C19H30N4O2/c24-16-4-6-17-5-3-10-21(17)11-8-19(25)23-14-12-22(13-15-23)18-7-1-2-9-20-18/h1-2,7,9,17,24H,3-6,8,10-16H2. The van der Waals surface area contributed by atoms with Crippen LogP contribution >= 0.6 is 0 Å². The summed E-state index contributed by atoms with van der Waals surface area (Å²) < 4.78 is 0. The van der Waals surface area contributed by atoms with Gasteiger partial charge in [-0.3, -0.25) is 9.69 Å². The van der Waals surface area contributed by atoms with E-state index in [0.717, 1.165) is 57.9 Å². The van der Waals surface area contributed by atoms with Crippen molar-refractivity contribution in [3.8, 4) is 0 Å². The summed E-state index contributed by atoms with van der Waals surface area (Å²) >= 11 is 0. The van der Waals surface area contributed by atoms with Crippen LogP contribution in [0.1, 0.15) is 32.1 Å². The number of carbonyl (C=O) groups excluding carboxylic acids is 1. The number of amides is 1. The van der Waals surface area contributed by atoms with Crippen LogP contribution in [-0.2, 0) is 4.79 Å². The smallest absolute Gasteiger partial charge is 0.223 e. The molecule has 1 unspecified atom stereocenters. The van der Waals surface area contributed by atoms with Gasteiger partial charge in [-0.2, -0.15) is 0 Å². The van der Waals surface area contributed by atoms with E-state index in [1.807, 2.05) is 29.3 Å². The van der Waals surface area contributed by atoms with Crippen LogP contribution in [0.4, 0.5) is 5.82 Å². The molecule has 3 heterocycles.